The summed E-state index contributed by atoms with van der Waals surface area (Å²) in [5, 5.41) is 12.1. The third-order valence-corrected chi connectivity index (χ3v) is 8.52. The number of benzene rings is 2. The van der Waals surface area contributed by atoms with E-state index in [0.29, 0.717) is 70.6 Å². The summed E-state index contributed by atoms with van der Waals surface area (Å²) in [4.78, 5) is 52.6. The third-order valence-electron chi connectivity index (χ3n) is 8.21. The number of ether oxygens (including phenoxy) is 2. The van der Waals surface area contributed by atoms with Crippen LogP contribution in [0.5, 0.6) is 17.2 Å². The van der Waals surface area contributed by atoms with Crippen LogP contribution in [0.25, 0.3) is 0 Å². The van der Waals surface area contributed by atoms with Gasteiger partial charge in [-0.3, -0.25) is 19.8 Å². The average Bonchev–Trinajstić information content (AvgIpc) is 3.67. The Bertz CT molecular complexity index is 1960. The maximum Gasteiger partial charge on any atom is 0.416 e. The van der Waals surface area contributed by atoms with E-state index in [0.717, 1.165) is 38.6 Å². The molecule has 1 aromatic heterocycles. The number of aromatic hydroxyl groups is 1. The fourth-order valence-electron chi connectivity index (χ4n) is 4.86. The van der Waals surface area contributed by atoms with Crippen LogP contribution in [0.3, 0.4) is 0 Å². The van der Waals surface area contributed by atoms with Crippen molar-refractivity contribution in [1.29, 1.82) is 0 Å². The number of likely N-dealkylation sites (N-methyl/N-ethyl adjacent to an activating group) is 2. The van der Waals surface area contributed by atoms with Gasteiger partial charge >= 0.3 is 12.2 Å². The minimum Gasteiger partial charge on any atom is -0.504 e. The van der Waals surface area contributed by atoms with Gasteiger partial charge in [-0.1, -0.05) is 18.5 Å². The van der Waals surface area contributed by atoms with Crippen molar-refractivity contribution in [2.24, 2.45) is 9.98 Å². The summed E-state index contributed by atoms with van der Waals surface area (Å²) >= 11 is 5.57. The molecule has 3 aromatic rings. The number of aldehydes is 3. The number of piperazine rings is 1. The number of alkyl halides is 5. The molecule has 0 atom stereocenters. The van der Waals surface area contributed by atoms with Crippen molar-refractivity contribution in [1.82, 2.24) is 30.2 Å². The van der Waals surface area contributed by atoms with Gasteiger partial charge in [0.15, 0.2) is 29.8 Å². The highest BCUT2D eigenvalue weighted by Crippen LogP contribution is 2.34. The molecule has 57 heavy (non-hydrogen) atoms. The lowest BCUT2D eigenvalue weighted by atomic mass is 10.2. The predicted octanol–water partition coefficient (Wildman–Crippen LogP) is 5.19. The smallest absolute Gasteiger partial charge is 0.416 e. The van der Waals surface area contributed by atoms with E-state index in [1.807, 2.05) is 18.9 Å². The molecule has 0 amide bonds. The molecule has 1 saturated heterocycles. The Labute approximate surface area is 329 Å². The highest BCUT2D eigenvalue weighted by Gasteiger charge is 2.35. The first-order chi connectivity index (χ1) is 27.0. The van der Waals surface area contributed by atoms with Crippen LogP contribution in [0.15, 0.2) is 64.1 Å². The summed E-state index contributed by atoms with van der Waals surface area (Å²) in [5.74, 6) is 0.801. The minimum absolute atomic E-state index is 0.00576. The second-order valence-corrected chi connectivity index (χ2v) is 12.4. The Morgan fingerprint density at radius 1 is 1.04 bits per heavy atom. The molecule has 0 bridgehead atoms. The first-order valence-corrected chi connectivity index (χ1v) is 17.3. The maximum absolute atomic E-state index is 13.8. The molecule has 0 spiro atoms. The van der Waals surface area contributed by atoms with E-state index in [2.05, 4.69) is 35.6 Å². The highest BCUT2D eigenvalue weighted by atomic mass is 35.5. The molecule has 3 heterocycles. The summed E-state index contributed by atoms with van der Waals surface area (Å²) in [6.45, 7) is 6.56. The van der Waals surface area contributed by atoms with Crippen LogP contribution in [-0.4, -0.2) is 121 Å². The lowest BCUT2D eigenvalue weighted by Gasteiger charge is -2.34. The van der Waals surface area contributed by atoms with Gasteiger partial charge in [-0.15, -0.1) is 0 Å². The molecule has 308 valence electrons. The number of allylic oxidation sites excluding steroid dienone is 2. The lowest BCUT2D eigenvalue weighted by Crippen LogP contribution is -2.51. The zero-order valence-electron chi connectivity index (χ0n) is 31.5. The van der Waals surface area contributed by atoms with E-state index in [1.165, 1.54) is 18.7 Å². The second-order valence-electron chi connectivity index (χ2n) is 12.0. The van der Waals surface area contributed by atoms with Gasteiger partial charge in [0, 0.05) is 45.8 Å². The van der Waals surface area contributed by atoms with Crippen molar-refractivity contribution in [2.45, 2.75) is 32.5 Å². The molecule has 2 aromatic carbocycles. The zero-order chi connectivity index (χ0) is 42.3. The number of nitrogens with one attached hydrogen (secondary N) is 2. The van der Waals surface area contributed by atoms with Gasteiger partial charge in [-0.2, -0.15) is 27.0 Å². The fourth-order valence-corrected chi connectivity index (χ4v) is 5.13. The first-order valence-electron chi connectivity index (χ1n) is 17.0. The molecule has 0 aliphatic carbocycles. The number of carbonyl (C=O) groups is 3. The first kappa shape index (κ1) is 45.7. The molecule has 0 saturated carbocycles. The quantitative estimate of drug-likeness (QED) is 0.0439. The monoisotopic (exact) mass is 825 g/mol. The number of halogens is 6. The fraction of sp³-hybridized carbons (Fsp3) is 0.361. The summed E-state index contributed by atoms with van der Waals surface area (Å²) in [6.07, 6.45) is -0.643. The van der Waals surface area contributed by atoms with Crippen LogP contribution in [0.4, 0.5) is 27.6 Å². The van der Waals surface area contributed by atoms with Crippen molar-refractivity contribution >= 4 is 48.3 Å². The van der Waals surface area contributed by atoms with Gasteiger partial charge in [0.2, 0.25) is 13.1 Å². The zero-order valence-corrected chi connectivity index (χ0v) is 32.2. The molecule has 3 N–H and O–H groups in total. The number of nitrogens with zero attached hydrogens (tertiary/aromatic N) is 7. The van der Waals surface area contributed by atoms with Crippen LogP contribution in [0.2, 0.25) is 5.02 Å². The van der Waals surface area contributed by atoms with Crippen molar-refractivity contribution < 1.29 is 50.9 Å². The summed E-state index contributed by atoms with van der Waals surface area (Å²) in [6, 6.07) is 4.22. The molecule has 1 fully saturated rings. The summed E-state index contributed by atoms with van der Waals surface area (Å²) < 4.78 is 74.7. The van der Waals surface area contributed by atoms with Gasteiger partial charge in [0.25, 0.3) is 0 Å². The van der Waals surface area contributed by atoms with Crippen LogP contribution < -0.4 is 20.2 Å². The number of carbonyl (C=O) groups excluding carboxylic acids is 3. The number of amidine groups is 1. The number of rotatable bonds is 11. The Kier molecular flexibility index (Phi) is 16.8. The second kappa shape index (κ2) is 21.0. The molecular formula is C36H41ClF5N9O6. The van der Waals surface area contributed by atoms with Crippen molar-refractivity contribution in [3.05, 3.63) is 81.7 Å². The van der Waals surface area contributed by atoms with Crippen molar-refractivity contribution in [3.63, 3.8) is 0 Å². The number of hydrazine groups is 1. The number of anilines is 1. The number of fused-ring (bicyclic) bond motifs is 1. The number of aromatic nitrogens is 2. The molecule has 0 unspecified atom stereocenters. The average molecular weight is 826 g/mol. The van der Waals surface area contributed by atoms with E-state index in [1.54, 1.807) is 32.2 Å². The lowest BCUT2D eigenvalue weighted by molar-refractivity contribution is -0.162. The standard InChI is InChI=1S/C22H28F2N6O4.C8H7ClF3N.C6H6N2O2/c1-4-17(18(12-31)30-9-7-28(2)8-10-30)25-14-26-21(27-29(3)22(23,24)13-32)16-5-6-19-20(11-16)34-15-33-19;1-13-7-3-2-5(4-6(7)9)8(10,11)12;1-4-6(10)5(2-9)8-3-7-4/h5-6,11-14H,4,7-10,15H2,1-3H3,(H,25,26,27);2-4,13H,1H3;2-3,10H,1H3/b18-17+;;. The SMILES string of the molecule is CC/C(N=CN=C(NN(C)C(F)(F)C=O)c1ccc2c(c1)OCO2)=C(/C=O)N1CCN(C)CC1.CNc1ccc(C(F)(F)F)cc1Cl.Cc1ncnc(C=O)c1O. The number of hydrogen-bond donors (Lipinski definition) is 3. The molecule has 21 heteroatoms. The van der Waals surface area contributed by atoms with E-state index in [4.69, 9.17) is 26.2 Å². The van der Waals surface area contributed by atoms with E-state index >= 15 is 0 Å². The summed E-state index contributed by atoms with van der Waals surface area (Å²) in [5.41, 5.74) is 4.03. The van der Waals surface area contributed by atoms with Gasteiger partial charge in [-0.05, 0) is 56.8 Å². The van der Waals surface area contributed by atoms with Crippen molar-refractivity contribution in [2.75, 3.05) is 59.4 Å². The van der Waals surface area contributed by atoms with Crippen LogP contribution >= 0.6 is 11.6 Å². The minimum atomic E-state index is -4.34. The number of aryl methyl sites for hydroxylation is 1. The molecule has 2 aliphatic rings. The number of aliphatic imine (C=N–C) groups is 2. The molecular weight excluding hydrogens is 785 g/mol. The molecule has 2 aliphatic heterocycles. The Morgan fingerprint density at radius 3 is 2.28 bits per heavy atom. The van der Waals surface area contributed by atoms with Gasteiger partial charge < -0.3 is 29.7 Å². The molecule has 15 nitrogen and oxygen atoms in total. The van der Waals surface area contributed by atoms with E-state index in [9.17, 15) is 36.3 Å². The Hall–Kier alpha value is -5.73. The van der Waals surface area contributed by atoms with Crippen molar-refractivity contribution in [3.8, 4) is 17.2 Å². The predicted molar refractivity (Wildman–Crippen MR) is 202 cm³/mol. The van der Waals surface area contributed by atoms with Gasteiger partial charge in [0.1, 0.15) is 24.2 Å². The molecule has 5 rings (SSSR count). The molecule has 0 radical (unpaired) electrons. The largest absolute Gasteiger partial charge is 0.504 e. The van der Waals surface area contributed by atoms with Gasteiger partial charge in [-0.25, -0.2) is 20.0 Å². The third kappa shape index (κ3) is 12.9. The van der Waals surface area contributed by atoms with E-state index in [-0.39, 0.29) is 29.1 Å². The number of hydrogen-bond acceptors (Lipinski definition) is 13. The maximum atomic E-state index is 13.8. The topological polar surface area (TPSA) is 174 Å². The van der Waals surface area contributed by atoms with Crippen LogP contribution in [0, 0.1) is 6.92 Å². The van der Waals surface area contributed by atoms with E-state index < -0.39 is 24.1 Å². The van der Waals surface area contributed by atoms with Crippen LogP contribution in [0.1, 0.15) is 40.7 Å². The van der Waals surface area contributed by atoms with Gasteiger partial charge in [0.05, 0.1) is 33.4 Å². The summed E-state index contributed by atoms with van der Waals surface area (Å²) in [7, 11) is 4.63. The Morgan fingerprint density at radius 2 is 1.72 bits per heavy atom. The van der Waals surface area contributed by atoms with Crippen LogP contribution in [-0.2, 0) is 15.8 Å². The highest BCUT2D eigenvalue weighted by molar-refractivity contribution is 6.33. The normalized spacial score (nSPS) is 14.9. The Balaban J connectivity index is 0.000000306.